The van der Waals surface area contributed by atoms with Crippen molar-refractivity contribution in [1.82, 2.24) is 9.47 Å². The molecule has 1 rings (SSSR count). The molecule has 0 aliphatic heterocycles. The summed E-state index contributed by atoms with van der Waals surface area (Å²) < 4.78 is 6.71. The molecule has 1 heterocycles. The highest BCUT2D eigenvalue weighted by atomic mass is 16.5. The Morgan fingerprint density at radius 3 is 2.89 bits per heavy atom. The van der Waals surface area contributed by atoms with Gasteiger partial charge in [0, 0.05) is 52.0 Å². The Morgan fingerprint density at radius 2 is 2.22 bits per heavy atom. The maximum absolute atomic E-state index is 11.5. The Morgan fingerprint density at radius 1 is 1.39 bits per heavy atom. The summed E-state index contributed by atoms with van der Waals surface area (Å²) in [7, 11) is 1.66. The Kier molecular flexibility index (Phi) is 6.77. The second kappa shape index (κ2) is 8.45. The van der Waals surface area contributed by atoms with Gasteiger partial charge in [-0.05, 0) is 6.07 Å². The fourth-order valence-corrected chi connectivity index (χ4v) is 1.66. The highest BCUT2D eigenvalue weighted by Gasteiger charge is 2.04. The summed E-state index contributed by atoms with van der Waals surface area (Å²) in [5.74, 6) is 0. The lowest BCUT2D eigenvalue weighted by molar-refractivity contribution is 0.146. The molecule has 0 aliphatic carbocycles. The molecule has 0 saturated carbocycles. The Labute approximate surface area is 107 Å². The van der Waals surface area contributed by atoms with Crippen molar-refractivity contribution in [2.75, 3.05) is 33.4 Å². The van der Waals surface area contributed by atoms with E-state index in [1.165, 1.54) is 0 Å². The highest BCUT2D eigenvalue weighted by Crippen LogP contribution is 1.93. The van der Waals surface area contributed by atoms with Crippen molar-refractivity contribution in [3.05, 3.63) is 34.7 Å². The van der Waals surface area contributed by atoms with E-state index < -0.39 is 0 Å². The molecule has 0 spiro atoms. The van der Waals surface area contributed by atoms with Crippen LogP contribution in [-0.2, 0) is 11.3 Å². The molecule has 5 nitrogen and oxygen atoms in total. The molecule has 0 saturated heterocycles. The van der Waals surface area contributed by atoms with Crippen molar-refractivity contribution in [3.8, 4) is 6.07 Å². The van der Waals surface area contributed by atoms with E-state index in [2.05, 4.69) is 11.0 Å². The van der Waals surface area contributed by atoms with Crippen molar-refractivity contribution >= 4 is 0 Å². The van der Waals surface area contributed by atoms with Gasteiger partial charge in [-0.3, -0.25) is 9.69 Å². The highest BCUT2D eigenvalue weighted by molar-refractivity contribution is 4.93. The minimum Gasteiger partial charge on any atom is -0.383 e. The largest absolute Gasteiger partial charge is 0.383 e. The summed E-state index contributed by atoms with van der Waals surface area (Å²) >= 11 is 0. The van der Waals surface area contributed by atoms with E-state index in [1.54, 1.807) is 30.0 Å². The van der Waals surface area contributed by atoms with Gasteiger partial charge in [0.05, 0.1) is 12.7 Å². The number of pyridine rings is 1. The molecule has 0 bridgehead atoms. The van der Waals surface area contributed by atoms with E-state index in [1.807, 2.05) is 6.07 Å². The quantitative estimate of drug-likeness (QED) is 0.681. The van der Waals surface area contributed by atoms with Gasteiger partial charge < -0.3 is 9.30 Å². The lowest BCUT2D eigenvalue weighted by atomic mass is 10.3. The summed E-state index contributed by atoms with van der Waals surface area (Å²) in [4.78, 5) is 13.7. The lowest BCUT2D eigenvalue weighted by Crippen LogP contribution is -2.33. The summed E-state index contributed by atoms with van der Waals surface area (Å²) in [6, 6.07) is 7.26. The number of hydrogen-bond acceptors (Lipinski definition) is 4. The van der Waals surface area contributed by atoms with Crippen LogP contribution in [0.5, 0.6) is 0 Å². The van der Waals surface area contributed by atoms with E-state index in [4.69, 9.17) is 10.00 Å². The minimum atomic E-state index is 0.00414. The van der Waals surface area contributed by atoms with Gasteiger partial charge in [-0.2, -0.15) is 5.26 Å². The van der Waals surface area contributed by atoms with E-state index >= 15 is 0 Å². The number of hydrogen-bond donors (Lipinski definition) is 0. The van der Waals surface area contributed by atoms with Crippen molar-refractivity contribution in [2.24, 2.45) is 0 Å². The maximum Gasteiger partial charge on any atom is 0.250 e. The van der Waals surface area contributed by atoms with Gasteiger partial charge in [-0.15, -0.1) is 0 Å². The molecule has 0 unspecified atom stereocenters. The zero-order valence-corrected chi connectivity index (χ0v) is 10.7. The summed E-state index contributed by atoms with van der Waals surface area (Å²) in [6.07, 6.45) is 2.27. The fraction of sp³-hybridized carbons (Fsp3) is 0.538. The first-order chi connectivity index (χ1) is 8.77. The van der Waals surface area contributed by atoms with Crippen molar-refractivity contribution in [3.63, 3.8) is 0 Å². The van der Waals surface area contributed by atoms with Crippen LogP contribution in [0.4, 0.5) is 0 Å². The molecular weight excluding hydrogens is 230 g/mol. The monoisotopic (exact) mass is 249 g/mol. The third-order valence-corrected chi connectivity index (χ3v) is 2.71. The number of aromatic nitrogens is 1. The predicted molar refractivity (Wildman–Crippen MR) is 69.2 cm³/mol. The van der Waals surface area contributed by atoms with E-state index in [0.29, 0.717) is 26.1 Å². The van der Waals surface area contributed by atoms with Crippen LogP contribution in [-0.4, -0.2) is 42.8 Å². The number of rotatable bonds is 8. The zero-order valence-electron chi connectivity index (χ0n) is 10.7. The molecule has 5 heteroatoms. The second-order valence-electron chi connectivity index (χ2n) is 3.97. The van der Waals surface area contributed by atoms with E-state index in [-0.39, 0.29) is 5.56 Å². The number of ether oxygens (including phenoxy) is 1. The average Bonchev–Trinajstić information content (AvgIpc) is 2.39. The van der Waals surface area contributed by atoms with Crippen LogP contribution in [0.2, 0.25) is 0 Å². The number of methoxy groups -OCH3 is 1. The topological polar surface area (TPSA) is 58.3 Å². The van der Waals surface area contributed by atoms with Gasteiger partial charge in [0.1, 0.15) is 0 Å². The first-order valence-electron chi connectivity index (χ1n) is 6.01. The van der Waals surface area contributed by atoms with Gasteiger partial charge in [-0.25, -0.2) is 0 Å². The van der Waals surface area contributed by atoms with Gasteiger partial charge in [0.15, 0.2) is 0 Å². The molecule has 1 aromatic rings. The maximum atomic E-state index is 11.5. The molecule has 0 N–H and O–H groups in total. The molecular formula is C13H19N3O2. The predicted octanol–water partition coefficient (Wildman–Crippen LogP) is 0.710. The van der Waals surface area contributed by atoms with Crippen LogP contribution in [0.1, 0.15) is 6.42 Å². The Hall–Kier alpha value is -1.64. The third kappa shape index (κ3) is 5.13. The van der Waals surface area contributed by atoms with Gasteiger partial charge >= 0.3 is 0 Å². The van der Waals surface area contributed by atoms with Gasteiger partial charge in [-0.1, -0.05) is 6.07 Å². The second-order valence-corrected chi connectivity index (χ2v) is 3.97. The van der Waals surface area contributed by atoms with Crippen LogP contribution < -0.4 is 5.56 Å². The Bertz CT molecular complexity index is 436. The lowest BCUT2D eigenvalue weighted by Gasteiger charge is -2.21. The van der Waals surface area contributed by atoms with Crippen LogP contribution in [0.25, 0.3) is 0 Å². The van der Waals surface area contributed by atoms with Gasteiger partial charge in [0.25, 0.3) is 5.56 Å². The zero-order chi connectivity index (χ0) is 13.2. The van der Waals surface area contributed by atoms with Crippen LogP contribution in [0.3, 0.4) is 0 Å². The van der Waals surface area contributed by atoms with Gasteiger partial charge in [0.2, 0.25) is 0 Å². The average molecular weight is 249 g/mol. The first kappa shape index (κ1) is 14.4. The van der Waals surface area contributed by atoms with Crippen molar-refractivity contribution in [2.45, 2.75) is 13.0 Å². The Balaban J connectivity index is 2.48. The SMILES string of the molecule is COCCN(CCC#N)CCn1ccccc1=O. The first-order valence-corrected chi connectivity index (χ1v) is 6.01. The standard InChI is InChI=1S/C13H19N3O2/c1-18-12-11-15(7-4-6-14)9-10-16-8-3-2-5-13(16)17/h2-3,5,8H,4,7,9-12H2,1H3. The summed E-state index contributed by atoms with van der Waals surface area (Å²) in [5.41, 5.74) is 0.00414. The fourth-order valence-electron chi connectivity index (χ4n) is 1.66. The number of nitriles is 1. The van der Waals surface area contributed by atoms with E-state index in [0.717, 1.165) is 13.1 Å². The molecule has 98 valence electrons. The molecule has 0 radical (unpaired) electrons. The van der Waals surface area contributed by atoms with Crippen molar-refractivity contribution < 1.29 is 4.74 Å². The molecule has 0 atom stereocenters. The molecule has 0 aliphatic rings. The third-order valence-electron chi connectivity index (χ3n) is 2.71. The normalized spacial score (nSPS) is 10.5. The van der Waals surface area contributed by atoms with Crippen LogP contribution >= 0.6 is 0 Å². The smallest absolute Gasteiger partial charge is 0.250 e. The van der Waals surface area contributed by atoms with Crippen LogP contribution in [0, 0.1) is 11.3 Å². The van der Waals surface area contributed by atoms with Crippen molar-refractivity contribution in [1.29, 1.82) is 5.26 Å². The number of nitrogens with zero attached hydrogens (tertiary/aromatic N) is 3. The molecule has 18 heavy (non-hydrogen) atoms. The molecule has 0 aromatic carbocycles. The summed E-state index contributed by atoms with van der Waals surface area (Å²) in [6.45, 7) is 3.50. The summed E-state index contributed by atoms with van der Waals surface area (Å²) in [5, 5.41) is 8.61. The van der Waals surface area contributed by atoms with Crippen LogP contribution in [0.15, 0.2) is 29.2 Å². The van der Waals surface area contributed by atoms with E-state index in [9.17, 15) is 4.79 Å². The molecule has 0 amide bonds. The minimum absolute atomic E-state index is 0.00414. The molecule has 0 fully saturated rings. The molecule has 1 aromatic heterocycles.